The molecule has 0 amide bonds. The highest BCUT2D eigenvalue weighted by Gasteiger charge is 2.41. The highest BCUT2D eigenvalue weighted by molar-refractivity contribution is 8.00. The maximum absolute atomic E-state index is 11.9. The Balaban J connectivity index is 2.06. The van der Waals surface area contributed by atoms with Gasteiger partial charge in [0.2, 0.25) is 0 Å². The second-order valence-electron chi connectivity index (χ2n) is 4.89. The lowest BCUT2D eigenvalue weighted by molar-refractivity contribution is -0.150. The number of benzene rings is 1. The van der Waals surface area contributed by atoms with Crippen LogP contribution in [0.2, 0.25) is 0 Å². The number of ether oxygens (including phenoxy) is 1. The molecule has 1 N–H and O–H groups in total. The second kappa shape index (κ2) is 6.44. The summed E-state index contributed by atoms with van der Waals surface area (Å²) in [5.41, 5.74) is 1.22. The number of aliphatic hydroxyl groups excluding tert-OH is 1. The van der Waals surface area contributed by atoms with E-state index in [4.69, 9.17) is 4.74 Å². The largest absolute Gasteiger partial charge is 0.466 e. The Kier molecular flexibility index (Phi) is 4.88. The Hall–Kier alpha value is -1.00. The van der Waals surface area contributed by atoms with Gasteiger partial charge in [0.25, 0.3) is 0 Å². The van der Waals surface area contributed by atoms with Crippen LogP contribution in [0.15, 0.2) is 29.2 Å². The molecule has 1 fully saturated rings. The molecule has 1 aromatic rings. The molecule has 0 aliphatic heterocycles. The van der Waals surface area contributed by atoms with E-state index >= 15 is 0 Å². The van der Waals surface area contributed by atoms with Crippen LogP contribution in [0.5, 0.6) is 0 Å². The number of rotatable bonds is 4. The van der Waals surface area contributed by atoms with E-state index in [1.165, 1.54) is 5.56 Å². The molecule has 19 heavy (non-hydrogen) atoms. The fourth-order valence-corrected chi connectivity index (χ4v) is 3.75. The van der Waals surface area contributed by atoms with Crippen LogP contribution in [-0.4, -0.2) is 29.0 Å². The molecule has 1 aliphatic carbocycles. The molecule has 1 saturated carbocycles. The summed E-state index contributed by atoms with van der Waals surface area (Å²) in [6.45, 7) is 4.21. The van der Waals surface area contributed by atoms with Gasteiger partial charge in [-0.1, -0.05) is 17.7 Å². The Labute approximate surface area is 118 Å². The van der Waals surface area contributed by atoms with Crippen molar-refractivity contribution in [1.82, 2.24) is 0 Å². The van der Waals surface area contributed by atoms with E-state index in [9.17, 15) is 9.90 Å². The third-order valence-corrected chi connectivity index (χ3v) is 4.81. The molecule has 0 aromatic heterocycles. The van der Waals surface area contributed by atoms with E-state index in [0.717, 1.165) is 11.3 Å². The van der Waals surface area contributed by atoms with Crippen LogP contribution in [0.4, 0.5) is 0 Å². The summed E-state index contributed by atoms with van der Waals surface area (Å²) in [4.78, 5) is 13.1. The topological polar surface area (TPSA) is 46.5 Å². The Morgan fingerprint density at radius 2 is 2.05 bits per heavy atom. The number of carbonyl (C=O) groups is 1. The minimum absolute atomic E-state index is 0.108. The first-order valence-electron chi connectivity index (χ1n) is 6.70. The second-order valence-corrected chi connectivity index (χ2v) is 6.20. The standard InChI is InChI=1S/C15H20O3S/c1-3-18-15(17)14-12(16)8-9-13(14)19-11-6-4-10(2)5-7-11/h4-7,12-14,16H,3,8-9H2,1-2H3/t12-,13-,14-/m0/s1. The zero-order valence-electron chi connectivity index (χ0n) is 11.3. The molecule has 3 nitrogen and oxygen atoms in total. The van der Waals surface area contributed by atoms with Gasteiger partial charge in [-0.3, -0.25) is 4.79 Å². The smallest absolute Gasteiger partial charge is 0.312 e. The van der Waals surface area contributed by atoms with Crippen LogP contribution in [0.3, 0.4) is 0 Å². The van der Waals surface area contributed by atoms with Crippen LogP contribution >= 0.6 is 11.8 Å². The molecular weight excluding hydrogens is 260 g/mol. The van der Waals surface area contributed by atoms with Crippen LogP contribution in [0, 0.1) is 12.8 Å². The summed E-state index contributed by atoms with van der Waals surface area (Å²) < 4.78 is 5.07. The minimum atomic E-state index is -0.568. The lowest BCUT2D eigenvalue weighted by Gasteiger charge is -2.20. The molecule has 0 saturated heterocycles. The number of hydrogen-bond donors (Lipinski definition) is 1. The monoisotopic (exact) mass is 280 g/mol. The highest BCUT2D eigenvalue weighted by atomic mass is 32.2. The van der Waals surface area contributed by atoms with E-state index in [2.05, 4.69) is 31.2 Å². The number of aryl methyl sites for hydroxylation is 1. The molecule has 1 aliphatic rings. The van der Waals surface area contributed by atoms with Gasteiger partial charge in [0.1, 0.15) is 0 Å². The van der Waals surface area contributed by atoms with Crippen molar-refractivity contribution in [3.8, 4) is 0 Å². The zero-order valence-corrected chi connectivity index (χ0v) is 12.2. The van der Waals surface area contributed by atoms with Gasteiger partial charge in [-0.15, -0.1) is 11.8 Å². The summed E-state index contributed by atoms with van der Waals surface area (Å²) in [5.74, 6) is -0.664. The lowest BCUT2D eigenvalue weighted by Crippen LogP contribution is -2.31. The maximum atomic E-state index is 11.9. The van der Waals surface area contributed by atoms with E-state index < -0.39 is 12.0 Å². The average molecular weight is 280 g/mol. The van der Waals surface area contributed by atoms with Gasteiger partial charge in [0.05, 0.1) is 18.6 Å². The molecule has 104 valence electrons. The molecule has 3 atom stereocenters. The van der Waals surface area contributed by atoms with Crippen molar-refractivity contribution < 1.29 is 14.6 Å². The van der Waals surface area contributed by atoms with Crippen LogP contribution in [0.25, 0.3) is 0 Å². The number of carbonyl (C=O) groups excluding carboxylic acids is 1. The quantitative estimate of drug-likeness (QED) is 0.862. The summed E-state index contributed by atoms with van der Waals surface area (Å²) in [7, 11) is 0. The maximum Gasteiger partial charge on any atom is 0.312 e. The van der Waals surface area contributed by atoms with Crippen molar-refractivity contribution in [1.29, 1.82) is 0 Å². The number of aliphatic hydroxyl groups is 1. The van der Waals surface area contributed by atoms with E-state index in [-0.39, 0.29) is 11.2 Å². The first-order valence-corrected chi connectivity index (χ1v) is 7.57. The highest BCUT2D eigenvalue weighted by Crippen LogP contribution is 2.39. The van der Waals surface area contributed by atoms with Crippen molar-refractivity contribution in [3.63, 3.8) is 0 Å². The molecule has 0 radical (unpaired) electrons. The van der Waals surface area contributed by atoms with Crippen molar-refractivity contribution >= 4 is 17.7 Å². The van der Waals surface area contributed by atoms with Gasteiger partial charge in [0, 0.05) is 10.1 Å². The Bertz CT molecular complexity index is 430. The Morgan fingerprint density at radius 1 is 1.37 bits per heavy atom. The fraction of sp³-hybridized carbons (Fsp3) is 0.533. The summed E-state index contributed by atoms with van der Waals surface area (Å²) >= 11 is 1.67. The van der Waals surface area contributed by atoms with Gasteiger partial charge in [-0.2, -0.15) is 0 Å². The lowest BCUT2D eigenvalue weighted by atomic mass is 10.1. The van der Waals surface area contributed by atoms with Gasteiger partial charge in [-0.05, 0) is 38.8 Å². The fourth-order valence-electron chi connectivity index (χ4n) is 2.41. The molecule has 4 heteroatoms. The average Bonchev–Trinajstić information content (AvgIpc) is 2.74. The van der Waals surface area contributed by atoms with Crippen molar-refractivity contribution in [2.45, 2.75) is 42.9 Å². The Morgan fingerprint density at radius 3 is 2.68 bits per heavy atom. The van der Waals surface area contributed by atoms with Crippen molar-refractivity contribution in [3.05, 3.63) is 29.8 Å². The molecule has 0 heterocycles. The van der Waals surface area contributed by atoms with Crippen molar-refractivity contribution in [2.75, 3.05) is 6.61 Å². The predicted octanol–water partition coefficient (Wildman–Crippen LogP) is 2.79. The number of esters is 1. The SMILES string of the molecule is CCOC(=O)[C@@H]1[C@@H](Sc2ccc(C)cc2)CC[C@@H]1O. The summed E-state index contributed by atoms with van der Waals surface area (Å²) in [5, 5.41) is 10.1. The molecule has 0 spiro atoms. The van der Waals surface area contributed by atoms with E-state index in [1.54, 1.807) is 18.7 Å². The minimum Gasteiger partial charge on any atom is -0.466 e. The van der Waals surface area contributed by atoms with Crippen LogP contribution in [0.1, 0.15) is 25.3 Å². The molecule has 0 bridgehead atoms. The van der Waals surface area contributed by atoms with E-state index in [0.29, 0.717) is 13.0 Å². The van der Waals surface area contributed by atoms with Gasteiger partial charge < -0.3 is 9.84 Å². The third kappa shape index (κ3) is 3.51. The summed E-state index contributed by atoms with van der Waals surface area (Å²) in [6, 6.07) is 8.25. The third-order valence-electron chi connectivity index (χ3n) is 3.43. The zero-order chi connectivity index (χ0) is 13.8. The predicted molar refractivity (Wildman–Crippen MR) is 76.2 cm³/mol. The summed E-state index contributed by atoms with van der Waals surface area (Å²) in [6.07, 6.45) is 0.956. The van der Waals surface area contributed by atoms with Crippen LogP contribution in [-0.2, 0) is 9.53 Å². The number of thioether (sulfide) groups is 1. The first-order chi connectivity index (χ1) is 9.11. The molecule has 2 rings (SSSR count). The molecule has 1 aromatic carbocycles. The molecule has 0 unspecified atom stereocenters. The first kappa shape index (κ1) is 14.4. The van der Waals surface area contributed by atoms with Gasteiger partial charge >= 0.3 is 5.97 Å². The van der Waals surface area contributed by atoms with Crippen LogP contribution < -0.4 is 0 Å². The molecular formula is C15H20O3S. The van der Waals surface area contributed by atoms with E-state index in [1.807, 2.05) is 0 Å². The van der Waals surface area contributed by atoms with Crippen molar-refractivity contribution in [2.24, 2.45) is 5.92 Å². The normalized spacial score (nSPS) is 26.4. The van der Waals surface area contributed by atoms with Gasteiger partial charge in [-0.25, -0.2) is 0 Å². The number of hydrogen-bond acceptors (Lipinski definition) is 4. The van der Waals surface area contributed by atoms with Gasteiger partial charge in [0.15, 0.2) is 0 Å².